The van der Waals surface area contributed by atoms with Gasteiger partial charge >= 0.3 is 0 Å². The van der Waals surface area contributed by atoms with Crippen molar-refractivity contribution in [1.82, 2.24) is 15.3 Å². The number of rotatable bonds is 6. The molecule has 0 atom stereocenters. The van der Waals surface area contributed by atoms with Gasteiger partial charge in [0, 0.05) is 40.1 Å². The van der Waals surface area contributed by atoms with Crippen LogP contribution in [0.25, 0.3) is 22.2 Å². The number of hydrogen-bond acceptors (Lipinski definition) is 4. The van der Waals surface area contributed by atoms with Crippen LogP contribution in [0.5, 0.6) is 0 Å². The first-order chi connectivity index (χ1) is 15.9. The van der Waals surface area contributed by atoms with Gasteiger partial charge in [-0.1, -0.05) is 25.1 Å². The SMILES string of the molecule is CCC(C)(C)NC(=O)c1ccc(NC(=O)c2cc(-c3cccnc3)nc3ccccc23)cc1. The Balaban J connectivity index is 1.60. The van der Waals surface area contributed by atoms with Crippen molar-refractivity contribution in [1.29, 1.82) is 0 Å². The molecule has 2 aromatic heterocycles. The number of amides is 2. The molecule has 0 unspecified atom stereocenters. The number of nitrogens with zero attached hydrogens (tertiary/aromatic N) is 2. The zero-order valence-electron chi connectivity index (χ0n) is 18.9. The molecule has 166 valence electrons. The summed E-state index contributed by atoms with van der Waals surface area (Å²) in [7, 11) is 0. The van der Waals surface area contributed by atoms with Gasteiger partial charge in [0.05, 0.1) is 16.8 Å². The second kappa shape index (κ2) is 9.20. The fourth-order valence-corrected chi connectivity index (χ4v) is 3.40. The molecule has 33 heavy (non-hydrogen) atoms. The summed E-state index contributed by atoms with van der Waals surface area (Å²) in [5, 5.41) is 6.72. The molecule has 0 radical (unpaired) electrons. The highest BCUT2D eigenvalue weighted by molar-refractivity contribution is 6.13. The second-order valence-corrected chi connectivity index (χ2v) is 8.54. The lowest BCUT2D eigenvalue weighted by Gasteiger charge is -2.24. The number of pyridine rings is 2. The van der Waals surface area contributed by atoms with E-state index in [4.69, 9.17) is 4.98 Å². The van der Waals surface area contributed by atoms with E-state index in [1.165, 1.54) is 0 Å². The van der Waals surface area contributed by atoms with Crippen molar-refractivity contribution in [2.24, 2.45) is 0 Å². The van der Waals surface area contributed by atoms with E-state index in [1.54, 1.807) is 42.7 Å². The van der Waals surface area contributed by atoms with Crippen LogP contribution in [0.3, 0.4) is 0 Å². The molecule has 2 heterocycles. The van der Waals surface area contributed by atoms with Crippen LogP contribution in [0.2, 0.25) is 0 Å². The summed E-state index contributed by atoms with van der Waals surface area (Å²) in [6.07, 6.45) is 4.25. The summed E-state index contributed by atoms with van der Waals surface area (Å²) in [6.45, 7) is 6.00. The topological polar surface area (TPSA) is 84.0 Å². The molecule has 0 aliphatic carbocycles. The van der Waals surface area contributed by atoms with Crippen molar-refractivity contribution >= 4 is 28.4 Å². The van der Waals surface area contributed by atoms with Crippen LogP contribution in [0.4, 0.5) is 5.69 Å². The quantitative estimate of drug-likeness (QED) is 0.418. The molecular formula is C27H26N4O2. The van der Waals surface area contributed by atoms with Gasteiger partial charge in [-0.15, -0.1) is 0 Å². The third kappa shape index (κ3) is 5.06. The minimum atomic E-state index is -0.279. The van der Waals surface area contributed by atoms with Crippen LogP contribution in [0, 0.1) is 0 Å². The van der Waals surface area contributed by atoms with E-state index >= 15 is 0 Å². The number of fused-ring (bicyclic) bond motifs is 1. The van der Waals surface area contributed by atoms with Gasteiger partial charge in [0.15, 0.2) is 0 Å². The zero-order valence-corrected chi connectivity index (χ0v) is 18.9. The lowest BCUT2D eigenvalue weighted by molar-refractivity contribution is 0.0911. The third-order valence-corrected chi connectivity index (χ3v) is 5.66. The molecule has 2 N–H and O–H groups in total. The Labute approximate surface area is 193 Å². The van der Waals surface area contributed by atoms with E-state index in [-0.39, 0.29) is 17.4 Å². The average molecular weight is 439 g/mol. The number of aromatic nitrogens is 2. The molecule has 0 aliphatic heterocycles. The number of anilines is 1. The molecule has 4 rings (SSSR count). The van der Waals surface area contributed by atoms with Gasteiger partial charge in [0.2, 0.25) is 0 Å². The third-order valence-electron chi connectivity index (χ3n) is 5.66. The number of carbonyl (C=O) groups excluding carboxylic acids is 2. The standard InChI is InChI=1S/C27H26N4O2/c1-4-27(2,3)31-25(32)18-11-13-20(14-12-18)29-26(33)22-16-24(19-8-7-15-28-17-19)30-23-10-6-5-9-21(22)23/h5-17H,4H2,1-3H3,(H,29,33)(H,31,32). The monoisotopic (exact) mass is 438 g/mol. The van der Waals surface area contributed by atoms with Gasteiger partial charge in [0.1, 0.15) is 0 Å². The molecule has 4 aromatic rings. The summed E-state index contributed by atoms with van der Waals surface area (Å²) in [5.74, 6) is -0.385. The Bertz CT molecular complexity index is 1300. The van der Waals surface area contributed by atoms with E-state index in [0.717, 1.165) is 22.9 Å². The van der Waals surface area contributed by atoms with Crippen molar-refractivity contribution < 1.29 is 9.59 Å². The highest BCUT2D eigenvalue weighted by Crippen LogP contribution is 2.25. The second-order valence-electron chi connectivity index (χ2n) is 8.54. The molecule has 0 aliphatic rings. The zero-order chi connectivity index (χ0) is 23.4. The Morgan fingerprint density at radius 3 is 2.39 bits per heavy atom. The lowest BCUT2D eigenvalue weighted by Crippen LogP contribution is -2.42. The molecule has 0 fully saturated rings. The van der Waals surface area contributed by atoms with Crippen LogP contribution in [0.15, 0.2) is 79.1 Å². The summed E-state index contributed by atoms with van der Waals surface area (Å²) in [5.41, 5.74) is 3.64. The van der Waals surface area contributed by atoms with Crippen LogP contribution < -0.4 is 10.6 Å². The molecule has 0 bridgehead atoms. The predicted molar refractivity (Wildman–Crippen MR) is 131 cm³/mol. The lowest BCUT2D eigenvalue weighted by atomic mass is 10.0. The Morgan fingerprint density at radius 2 is 1.70 bits per heavy atom. The van der Waals surface area contributed by atoms with Gasteiger partial charge in [-0.3, -0.25) is 14.6 Å². The van der Waals surface area contributed by atoms with Crippen LogP contribution >= 0.6 is 0 Å². The normalized spacial score (nSPS) is 11.2. The van der Waals surface area contributed by atoms with Gasteiger partial charge < -0.3 is 10.6 Å². The minimum absolute atomic E-state index is 0.138. The molecule has 0 saturated heterocycles. The number of hydrogen-bond donors (Lipinski definition) is 2. The number of carbonyl (C=O) groups is 2. The predicted octanol–water partition coefficient (Wildman–Crippen LogP) is 5.47. The molecule has 6 heteroatoms. The van der Waals surface area contributed by atoms with Crippen LogP contribution in [-0.4, -0.2) is 27.3 Å². The van der Waals surface area contributed by atoms with Crippen molar-refractivity contribution in [3.05, 3.63) is 90.3 Å². The summed E-state index contributed by atoms with van der Waals surface area (Å²) >= 11 is 0. The highest BCUT2D eigenvalue weighted by atomic mass is 16.2. The van der Waals surface area contributed by atoms with E-state index in [2.05, 4.69) is 15.6 Å². The largest absolute Gasteiger partial charge is 0.347 e. The average Bonchev–Trinajstić information content (AvgIpc) is 2.84. The summed E-state index contributed by atoms with van der Waals surface area (Å²) in [6, 6.07) is 20.0. The molecule has 0 saturated carbocycles. The first kappa shape index (κ1) is 22.1. The minimum Gasteiger partial charge on any atom is -0.347 e. The van der Waals surface area contributed by atoms with Crippen molar-refractivity contribution in [2.75, 3.05) is 5.32 Å². The maximum Gasteiger partial charge on any atom is 0.256 e. The van der Waals surface area contributed by atoms with E-state index in [0.29, 0.717) is 22.5 Å². The molecular weight excluding hydrogens is 412 g/mol. The summed E-state index contributed by atoms with van der Waals surface area (Å²) in [4.78, 5) is 34.6. The molecule has 2 aromatic carbocycles. The number of para-hydroxylation sites is 1. The fourth-order valence-electron chi connectivity index (χ4n) is 3.40. The van der Waals surface area contributed by atoms with Gasteiger partial charge in [-0.2, -0.15) is 0 Å². The number of benzene rings is 2. The highest BCUT2D eigenvalue weighted by Gasteiger charge is 2.19. The van der Waals surface area contributed by atoms with Crippen molar-refractivity contribution in [2.45, 2.75) is 32.7 Å². The first-order valence-electron chi connectivity index (χ1n) is 10.9. The first-order valence-corrected chi connectivity index (χ1v) is 10.9. The number of nitrogens with one attached hydrogen (secondary N) is 2. The molecule has 6 nitrogen and oxygen atoms in total. The van der Waals surface area contributed by atoms with E-state index in [1.807, 2.05) is 57.2 Å². The molecule has 2 amide bonds. The van der Waals surface area contributed by atoms with Crippen molar-refractivity contribution in [3.63, 3.8) is 0 Å². The van der Waals surface area contributed by atoms with Gasteiger partial charge in [0.25, 0.3) is 11.8 Å². The molecule has 0 spiro atoms. The summed E-state index contributed by atoms with van der Waals surface area (Å²) < 4.78 is 0. The Kier molecular flexibility index (Phi) is 6.18. The maximum atomic E-state index is 13.2. The van der Waals surface area contributed by atoms with Crippen molar-refractivity contribution in [3.8, 4) is 11.3 Å². The van der Waals surface area contributed by atoms with E-state index < -0.39 is 0 Å². The smallest absolute Gasteiger partial charge is 0.256 e. The van der Waals surface area contributed by atoms with E-state index in [9.17, 15) is 9.59 Å². The van der Waals surface area contributed by atoms with Crippen LogP contribution in [0.1, 0.15) is 47.9 Å². The Morgan fingerprint density at radius 1 is 0.939 bits per heavy atom. The fraction of sp³-hybridized carbons (Fsp3) is 0.185. The van der Waals surface area contributed by atoms with Crippen LogP contribution in [-0.2, 0) is 0 Å². The van der Waals surface area contributed by atoms with Gasteiger partial charge in [-0.25, -0.2) is 4.98 Å². The van der Waals surface area contributed by atoms with Gasteiger partial charge in [-0.05, 0) is 68.8 Å². The Hall–Kier alpha value is -4.06. The maximum absolute atomic E-state index is 13.2.